The van der Waals surface area contributed by atoms with Gasteiger partial charge in [-0.2, -0.15) is 5.10 Å². The Morgan fingerprint density at radius 2 is 2.03 bits per heavy atom. The molecule has 8 nitrogen and oxygen atoms in total. The van der Waals surface area contributed by atoms with Crippen LogP contribution in [0.1, 0.15) is 15.9 Å². The van der Waals surface area contributed by atoms with Gasteiger partial charge in [-0.05, 0) is 35.7 Å². The molecule has 0 radical (unpaired) electrons. The Morgan fingerprint density at radius 1 is 1.16 bits per heavy atom. The first-order chi connectivity index (χ1) is 15.1. The molecule has 0 atom stereocenters. The summed E-state index contributed by atoms with van der Waals surface area (Å²) in [7, 11) is 1.60. The highest BCUT2D eigenvalue weighted by Gasteiger charge is 2.12. The molecule has 0 aliphatic rings. The van der Waals surface area contributed by atoms with Gasteiger partial charge in [0.25, 0.3) is 5.91 Å². The second kappa shape index (κ2) is 8.99. The van der Waals surface area contributed by atoms with Crippen molar-refractivity contribution in [2.24, 2.45) is 16.7 Å². The van der Waals surface area contributed by atoms with E-state index in [0.717, 1.165) is 26.7 Å². The van der Waals surface area contributed by atoms with Crippen LogP contribution in [0.3, 0.4) is 0 Å². The molecule has 0 fully saturated rings. The molecule has 31 heavy (non-hydrogen) atoms. The number of thiophene rings is 1. The summed E-state index contributed by atoms with van der Waals surface area (Å²) in [4.78, 5) is 17.2. The van der Waals surface area contributed by atoms with E-state index in [-0.39, 0.29) is 11.7 Å². The average molecular weight is 435 g/mol. The number of hydrogen-bond donors (Lipinski definition) is 4. The Balaban J connectivity index is 1.70. The Labute approximate surface area is 182 Å². The molecule has 0 aliphatic carbocycles. The number of nitrogens with one attached hydrogen (secondary N) is 2. The molecule has 4 aromatic rings. The van der Waals surface area contributed by atoms with Crippen LogP contribution in [0.15, 0.2) is 59.0 Å². The number of ether oxygens (including phenoxy) is 1. The summed E-state index contributed by atoms with van der Waals surface area (Å²) in [5.41, 5.74) is 8.66. The van der Waals surface area contributed by atoms with Gasteiger partial charge in [0.2, 0.25) is 0 Å². The topological polar surface area (TPSA) is 128 Å². The van der Waals surface area contributed by atoms with Gasteiger partial charge in [0.1, 0.15) is 11.7 Å². The molecule has 0 saturated carbocycles. The van der Waals surface area contributed by atoms with E-state index in [1.807, 2.05) is 41.8 Å². The number of pyridine rings is 1. The molecule has 1 amide bonds. The number of nitrogens with two attached hydrogens (primary N) is 2. The highest BCUT2D eigenvalue weighted by molar-refractivity contribution is 7.18. The minimum absolute atomic E-state index is 0.158. The van der Waals surface area contributed by atoms with Crippen LogP contribution in [0.2, 0.25) is 0 Å². The van der Waals surface area contributed by atoms with Crippen LogP contribution in [0, 0.1) is 0 Å². The summed E-state index contributed by atoms with van der Waals surface area (Å²) in [5, 5.41) is 13.8. The van der Waals surface area contributed by atoms with E-state index in [9.17, 15) is 4.79 Å². The number of nitrogens with zero attached hydrogens (tertiary/aromatic N) is 2. The Kier molecular flexibility index (Phi) is 5.96. The number of rotatable bonds is 7. The number of amidine groups is 1. The van der Waals surface area contributed by atoms with Crippen LogP contribution in [-0.2, 0) is 4.74 Å². The Hall–Kier alpha value is -3.69. The highest BCUT2D eigenvalue weighted by atomic mass is 32.1. The smallest absolute Gasteiger partial charge is 0.251 e. The van der Waals surface area contributed by atoms with Crippen molar-refractivity contribution in [3.63, 3.8) is 0 Å². The molecule has 9 heteroatoms. The summed E-state index contributed by atoms with van der Waals surface area (Å²) < 4.78 is 6.08. The first-order valence-corrected chi connectivity index (χ1v) is 10.5. The molecule has 4 rings (SSSR count). The SMILES string of the molecule is COCCNC(=O)c1cccc(Nc2nc3cc(/C(N)=N/N)ccc3c3sccc23)c1. The van der Waals surface area contributed by atoms with Crippen molar-refractivity contribution in [2.75, 3.05) is 25.6 Å². The van der Waals surface area contributed by atoms with Crippen molar-refractivity contribution in [1.29, 1.82) is 0 Å². The number of hydrogen-bond acceptors (Lipinski definition) is 7. The average Bonchev–Trinajstić information content (AvgIpc) is 3.29. The highest BCUT2D eigenvalue weighted by Crippen LogP contribution is 2.35. The van der Waals surface area contributed by atoms with Gasteiger partial charge < -0.3 is 26.9 Å². The second-order valence-electron chi connectivity index (χ2n) is 6.82. The molecule has 158 valence electrons. The van der Waals surface area contributed by atoms with Gasteiger partial charge in [-0.1, -0.05) is 18.2 Å². The zero-order valence-electron chi connectivity index (χ0n) is 16.9. The normalized spacial score (nSPS) is 11.7. The number of aromatic nitrogens is 1. The van der Waals surface area contributed by atoms with E-state index in [0.29, 0.717) is 30.1 Å². The quantitative estimate of drug-likeness (QED) is 0.116. The maximum Gasteiger partial charge on any atom is 0.251 e. The predicted octanol–water partition coefficient (Wildman–Crippen LogP) is 3.15. The minimum Gasteiger partial charge on any atom is -0.383 e. The molecular weight excluding hydrogens is 412 g/mol. The fourth-order valence-corrected chi connectivity index (χ4v) is 4.21. The number of fused-ring (bicyclic) bond motifs is 3. The molecule has 0 aliphatic heterocycles. The molecule has 0 saturated heterocycles. The lowest BCUT2D eigenvalue weighted by Gasteiger charge is -2.11. The monoisotopic (exact) mass is 434 g/mol. The molecule has 2 heterocycles. The zero-order valence-corrected chi connectivity index (χ0v) is 17.7. The number of benzene rings is 2. The lowest BCUT2D eigenvalue weighted by molar-refractivity contribution is 0.0937. The Morgan fingerprint density at radius 3 is 2.84 bits per heavy atom. The van der Waals surface area contributed by atoms with E-state index < -0.39 is 0 Å². The number of carbonyl (C=O) groups is 1. The summed E-state index contributed by atoms with van der Waals surface area (Å²) in [5.74, 6) is 6.11. The number of methoxy groups -OCH3 is 1. The van der Waals surface area contributed by atoms with Crippen molar-refractivity contribution in [1.82, 2.24) is 10.3 Å². The van der Waals surface area contributed by atoms with Crippen molar-refractivity contribution in [2.45, 2.75) is 0 Å². The van der Waals surface area contributed by atoms with Crippen LogP contribution < -0.4 is 22.2 Å². The molecule has 0 spiro atoms. The van der Waals surface area contributed by atoms with Crippen LogP contribution in [0.5, 0.6) is 0 Å². The maximum absolute atomic E-state index is 12.4. The minimum atomic E-state index is -0.158. The van der Waals surface area contributed by atoms with Crippen molar-refractivity contribution in [3.05, 3.63) is 65.0 Å². The molecule has 0 unspecified atom stereocenters. The van der Waals surface area contributed by atoms with E-state index in [2.05, 4.69) is 15.7 Å². The number of anilines is 2. The number of amides is 1. The third kappa shape index (κ3) is 4.27. The van der Waals surface area contributed by atoms with E-state index in [1.54, 1.807) is 30.6 Å². The lowest BCUT2D eigenvalue weighted by atomic mass is 10.1. The molecule has 2 aromatic carbocycles. The van der Waals surface area contributed by atoms with Crippen LogP contribution in [-0.4, -0.2) is 37.0 Å². The molecule has 0 bridgehead atoms. The van der Waals surface area contributed by atoms with Gasteiger partial charge in [0.05, 0.1) is 12.1 Å². The van der Waals surface area contributed by atoms with Gasteiger partial charge in [-0.3, -0.25) is 4.79 Å². The Bertz CT molecular complexity index is 1280. The lowest BCUT2D eigenvalue weighted by Crippen LogP contribution is -2.26. The van der Waals surface area contributed by atoms with E-state index in [4.69, 9.17) is 21.3 Å². The second-order valence-corrected chi connectivity index (χ2v) is 7.74. The van der Waals surface area contributed by atoms with E-state index in [1.165, 1.54) is 0 Å². The van der Waals surface area contributed by atoms with Gasteiger partial charge >= 0.3 is 0 Å². The zero-order chi connectivity index (χ0) is 21.8. The molecule has 6 N–H and O–H groups in total. The van der Waals surface area contributed by atoms with Crippen LogP contribution in [0.25, 0.3) is 21.0 Å². The van der Waals surface area contributed by atoms with Gasteiger partial charge in [-0.15, -0.1) is 11.3 Å². The predicted molar refractivity (Wildman–Crippen MR) is 126 cm³/mol. The fraction of sp³-hybridized carbons (Fsp3) is 0.136. The van der Waals surface area contributed by atoms with Crippen molar-refractivity contribution in [3.8, 4) is 0 Å². The summed E-state index contributed by atoms with van der Waals surface area (Å²) in [6, 6.07) is 15.0. The van der Waals surface area contributed by atoms with Gasteiger partial charge in [0.15, 0.2) is 0 Å². The standard InChI is InChI=1S/C22H22N6O2S/c1-30-9-8-25-22(29)14-3-2-4-15(11-14)26-21-17-7-10-31-19(17)16-6-5-13(20(23)28-24)12-18(16)27-21/h2-7,10-12H,8-9,24H2,1H3,(H2,23,28)(H,25,29)(H,26,27). The van der Waals surface area contributed by atoms with Gasteiger partial charge in [0, 0.05) is 45.9 Å². The van der Waals surface area contributed by atoms with Crippen LogP contribution in [0.4, 0.5) is 11.5 Å². The first-order valence-electron chi connectivity index (χ1n) is 9.59. The third-order valence-electron chi connectivity index (χ3n) is 4.81. The van der Waals surface area contributed by atoms with E-state index >= 15 is 0 Å². The molecular formula is C22H22N6O2S. The largest absolute Gasteiger partial charge is 0.383 e. The molecule has 2 aromatic heterocycles. The van der Waals surface area contributed by atoms with Crippen molar-refractivity contribution < 1.29 is 9.53 Å². The van der Waals surface area contributed by atoms with Crippen LogP contribution >= 0.6 is 11.3 Å². The summed E-state index contributed by atoms with van der Waals surface area (Å²) in [6.07, 6.45) is 0. The number of hydrazone groups is 1. The third-order valence-corrected chi connectivity index (χ3v) is 5.76. The van der Waals surface area contributed by atoms with Crippen molar-refractivity contribution >= 4 is 55.6 Å². The maximum atomic E-state index is 12.4. The fourth-order valence-electron chi connectivity index (χ4n) is 3.27. The first kappa shape index (κ1) is 20.6. The van der Waals surface area contributed by atoms with Gasteiger partial charge in [-0.25, -0.2) is 4.98 Å². The summed E-state index contributed by atoms with van der Waals surface area (Å²) >= 11 is 1.64. The summed E-state index contributed by atoms with van der Waals surface area (Å²) in [6.45, 7) is 0.911. The number of carbonyl (C=O) groups excluding carboxylic acids is 1.